The number of carbonyl (C=O) groups is 2. The van der Waals surface area contributed by atoms with E-state index in [1.807, 2.05) is 54.0 Å². The normalized spacial score (nSPS) is 18.0. The van der Waals surface area contributed by atoms with Crippen LogP contribution in [0.3, 0.4) is 0 Å². The quantitative estimate of drug-likeness (QED) is 0.370. The zero-order chi connectivity index (χ0) is 24.5. The number of methoxy groups -OCH3 is 1. The lowest BCUT2D eigenvalue weighted by atomic mass is 9.80. The molecule has 1 N–H and O–H groups in total. The maximum absolute atomic E-state index is 14.2. The molecule has 180 valence electrons. The molecular formula is C29H29FN2O3. The molecule has 0 saturated heterocycles. The summed E-state index contributed by atoms with van der Waals surface area (Å²) in [6, 6.07) is 18.5. The van der Waals surface area contributed by atoms with Crippen LogP contribution in [0.4, 0.5) is 4.39 Å². The molecule has 1 saturated carbocycles. The van der Waals surface area contributed by atoms with Gasteiger partial charge in [0.2, 0.25) is 0 Å². The Bertz CT molecular complexity index is 1410. The van der Waals surface area contributed by atoms with Crippen LogP contribution in [-0.4, -0.2) is 29.6 Å². The van der Waals surface area contributed by atoms with E-state index in [1.54, 1.807) is 12.1 Å². The molecule has 0 bridgehead atoms. The first-order valence-electron chi connectivity index (χ1n) is 12.1. The first kappa shape index (κ1) is 23.1. The van der Waals surface area contributed by atoms with Crippen molar-refractivity contribution >= 4 is 33.6 Å². The Hall–Kier alpha value is -3.67. The highest BCUT2D eigenvalue weighted by molar-refractivity contribution is 6.07. The molecule has 0 unspecified atom stereocenters. The molecule has 1 aliphatic rings. The van der Waals surface area contributed by atoms with Crippen molar-refractivity contribution in [3.05, 3.63) is 83.3 Å². The summed E-state index contributed by atoms with van der Waals surface area (Å²) in [5.74, 6) is -0.423. The highest BCUT2D eigenvalue weighted by Gasteiger charge is 2.29. The van der Waals surface area contributed by atoms with Crippen LogP contribution in [0, 0.1) is 12.7 Å². The zero-order valence-corrected chi connectivity index (χ0v) is 20.0. The molecule has 0 atom stereocenters. The van der Waals surface area contributed by atoms with Gasteiger partial charge in [0, 0.05) is 28.2 Å². The van der Waals surface area contributed by atoms with E-state index in [0.717, 1.165) is 58.6 Å². The summed E-state index contributed by atoms with van der Waals surface area (Å²) in [5, 5.41) is 6.10. The Morgan fingerprint density at radius 3 is 2.51 bits per heavy atom. The number of benzene rings is 3. The number of carbonyl (C=O) groups excluding carboxylic acids is 2. The van der Waals surface area contributed by atoms with Gasteiger partial charge in [0.15, 0.2) is 0 Å². The number of aromatic nitrogens is 1. The van der Waals surface area contributed by atoms with E-state index in [1.165, 1.54) is 13.2 Å². The van der Waals surface area contributed by atoms with E-state index in [4.69, 9.17) is 4.74 Å². The average Bonchev–Trinajstić information content (AvgIpc) is 3.14. The van der Waals surface area contributed by atoms with Crippen molar-refractivity contribution in [1.82, 2.24) is 9.88 Å². The van der Waals surface area contributed by atoms with Gasteiger partial charge in [-0.15, -0.1) is 0 Å². The molecule has 6 heteroatoms. The number of ether oxygens (including phenoxy) is 1. The fourth-order valence-corrected chi connectivity index (χ4v) is 5.61. The fraction of sp³-hybridized carbons (Fsp3) is 0.310. The maximum atomic E-state index is 14.2. The number of rotatable bonds is 5. The summed E-state index contributed by atoms with van der Waals surface area (Å²) in [5.41, 5.74) is 3.61. The number of amides is 1. The molecule has 1 aliphatic carbocycles. The van der Waals surface area contributed by atoms with Crippen LogP contribution in [-0.2, 0) is 16.1 Å². The number of nitrogens with one attached hydrogen (secondary N) is 1. The van der Waals surface area contributed by atoms with E-state index in [2.05, 4.69) is 5.32 Å². The minimum absolute atomic E-state index is 0.0433. The number of nitrogens with zero attached hydrogens (tertiary/aromatic N) is 1. The van der Waals surface area contributed by atoms with Crippen molar-refractivity contribution in [2.24, 2.45) is 0 Å². The summed E-state index contributed by atoms with van der Waals surface area (Å²) < 4.78 is 21.0. The zero-order valence-electron chi connectivity index (χ0n) is 20.0. The molecule has 0 aliphatic heterocycles. The Morgan fingerprint density at radius 1 is 1.00 bits per heavy atom. The second-order valence-corrected chi connectivity index (χ2v) is 9.37. The molecule has 1 fully saturated rings. The van der Waals surface area contributed by atoms with Gasteiger partial charge in [-0.25, -0.2) is 4.39 Å². The molecule has 5 nitrogen and oxygen atoms in total. The number of halogens is 1. The minimum Gasteiger partial charge on any atom is -0.468 e. The van der Waals surface area contributed by atoms with Crippen molar-refractivity contribution in [3.63, 3.8) is 0 Å². The van der Waals surface area contributed by atoms with Gasteiger partial charge in [-0.3, -0.25) is 9.59 Å². The van der Waals surface area contributed by atoms with Gasteiger partial charge < -0.3 is 14.6 Å². The van der Waals surface area contributed by atoms with Crippen LogP contribution in [0.1, 0.15) is 53.2 Å². The topological polar surface area (TPSA) is 60.3 Å². The fourth-order valence-electron chi connectivity index (χ4n) is 5.61. The molecule has 1 heterocycles. The minimum atomic E-state index is -0.333. The SMILES string of the molecule is COC(=O)Cn1c(C)c(C2CCC(NC(=O)c3cccc4ccccc34)CC2)c2cc(F)ccc21. The lowest BCUT2D eigenvalue weighted by Crippen LogP contribution is -2.37. The van der Waals surface area contributed by atoms with Crippen molar-refractivity contribution < 1.29 is 18.7 Å². The van der Waals surface area contributed by atoms with Crippen LogP contribution in [0.5, 0.6) is 0 Å². The molecule has 3 aromatic carbocycles. The highest BCUT2D eigenvalue weighted by Crippen LogP contribution is 2.40. The molecule has 1 amide bonds. The Kier molecular flexibility index (Phi) is 6.29. The molecule has 5 rings (SSSR count). The van der Waals surface area contributed by atoms with Crippen LogP contribution in [0.25, 0.3) is 21.7 Å². The summed E-state index contributed by atoms with van der Waals surface area (Å²) >= 11 is 0. The molecular weight excluding hydrogens is 443 g/mol. The van der Waals surface area contributed by atoms with Gasteiger partial charge >= 0.3 is 5.97 Å². The largest absolute Gasteiger partial charge is 0.468 e. The van der Waals surface area contributed by atoms with Gasteiger partial charge in [-0.2, -0.15) is 0 Å². The van der Waals surface area contributed by atoms with Crippen molar-refractivity contribution in [3.8, 4) is 0 Å². The number of fused-ring (bicyclic) bond motifs is 2. The third-order valence-electron chi connectivity index (χ3n) is 7.35. The molecule has 1 aromatic heterocycles. The summed E-state index contributed by atoms with van der Waals surface area (Å²) in [6.45, 7) is 2.09. The van der Waals surface area contributed by atoms with E-state index < -0.39 is 0 Å². The van der Waals surface area contributed by atoms with Crippen molar-refractivity contribution in [2.45, 2.75) is 51.1 Å². The monoisotopic (exact) mass is 472 g/mol. The van der Waals surface area contributed by atoms with E-state index >= 15 is 0 Å². The number of hydrogen-bond donors (Lipinski definition) is 1. The Morgan fingerprint density at radius 2 is 1.74 bits per heavy atom. The smallest absolute Gasteiger partial charge is 0.325 e. The van der Waals surface area contributed by atoms with E-state index in [9.17, 15) is 14.0 Å². The first-order valence-corrected chi connectivity index (χ1v) is 12.1. The Labute approximate surface area is 203 Å². The summed E-state index contributed by atoms with van der Waals surface area (Å²) in [4.78, 5) is 25.1. The summed E-state index contributed by atoms with van der Waals surface area (Å²) in [7, 11) is 1.37. The third-order valence-corrected chi connectivity index (χ3v) is 7.35. The predicted molar refractivity (Wildman–Crippen MR) is 135 cm³/mol. The van der Waals surface area contributed by atoms with Crippen LogP contribution in [0.2, 0.25) is 0 Å². The second kappa shape index (κ2) is 9.53. The van der Waals surface area contributed by atoms with Gasteiger partial charge in [-0.1, -0.05) is 36.4 Å². The van der Waals surface area contributed by atoms with Crippen LogP contribution < -0.4 is 5.32 Å². The molecule has 4 aromatic rings. The van der Waals surface area contributed by atoms with Crippen LogP contribution in [0.15, 0.2) is 60.7 Å². The lowest BCUT2D eigenvalue weighted by Gasteiger charge is -2.30. The van der Waals surface area contributed by atoms with Gasteiger partial charge in [0.1, 0.15) is 12.4 Å². The number of esters is 1. The Balaban J connectivity index is 1.34. The van der Waals surface area contributed by atoms with Gasteiger partial charge in [-0.05, 0) is 79.1 Å². The van der Waals surface area contributed by atoms with Crippen molar-refractivity contribution in [1.29, 1.82) is 0 Å². The standard InChI is InChI=1S/C29H29FN2O3/c1-18-28(25-16-21(30)12-15-26(25)32(18)17-27(33)35-2)20-10-13-22(14-11-20)31-29(34)24-9-5-7-19-6-3-4-8-23(19)24/h3-9,12,15-16,20,22H,10-11,13-14,17H2,1-2H3,(H,31,34). The maximum Gasteiger partial charge on any atom is 0.325 e. The summed E-state index contributed by atoms with van der Waals surface area (Å²) in [6.07, 6.45) is 3.46. The number of hydrogen-bond acceptors (Lipinski definition) is 3. The highest BCUT2D eigenvalue weighted by atomic mass is 19.1. The van der Waals surface area contributed by atoms with Gasteiger partial charge in [0.05, 0.1) is 7.11 Å². The third kappa shape index (κ3) is 4.41. The molecule has 35 heavy (non-hydrogen) atoms. The average molecular weight is 473 g/mol. The first-order chi connectivity index (χ1) is 17.0. The lowest BCUT2D eigenvalue weighted by molar-refractivity contribution is -0.141. The predicted octanol–water partition coefficient (Wildman–Crippen LogP) is 5.87. The van der Waals surface area contributed by atoms with E-state index in [-0.39, 0.29) is 36.2 Å². The van der Waals surface area contributed by atoms with Crippen LogP contribution >= 0.6 is 0 Å². The van der Waals surface area contributed by atoms with E-state index in [0.29, 0.717) is 5.56 Å². The van der Waals surface area contributed by atoms with Gasteiger partial charge in [0.25, 0.3) is 5.91 Å². The molecule has 0 spiro atoms. The molecule has 0 radical (unpaired) electrons. The van der Waals surface area contributed by atoms with Crippen molar-refractivity contribution in [2.75, 3.05) is 7.11 Å². The second-order valence-electron chi connectivity index (χ2n) is 9.37.